The molecule has 2 aliphatic rings. The number of benzene rings is 1. The Hall–Kier alpha value is -0.820. The van der Waals surface area contributed by atoms with Gasteiger partial charge in [-0.05, 0) is 24.2 Å². The first-order chi connectivity index (χ1) is 8.54. The van der Waals surface area contributed by atoms with Crippen LogP contribution in [0.3, 0.4) is 0 Å². The van der Waals surface area contributed by atoms with E-state index in [1.807, 2.05) is 0 Å². The fraction of sp³-hybridized carbons (Fsp3) is 0.647. The standard InChI is InChI=1S/C17H25N/c1-16(2)14-9-10-17(16,3)15(11-14)18-12-13-7-5-4-6-8-13/h4-8,14-15,18H,9-12H2,1-3H3/p+1/t14-,15-,17-/m1/s1. The van der Waals surface area contributed by atoms with Crippen molar-refractivity contribution in [1.29, 1.82) is 0 Å². The van der Waals surface area contributed by atoms with Crippen molar-refractivity contribution in [3.8, 4) is 0 Å². The Morgan fingerprint density at radius 2 is 1.89 bits per heavy atom. The van der Waals surface area contributed by atoms with Gasteiger partial charge in [0.1, 0.15) is 6.54 Å². The van der Waals surface area contributed by atoms with Crippen LogP contribution in [-0.2, 0) is 6.54 Å². The van der Waals surface area contributed by atoms with Crippen LogP contribution < -0.4 is 5.32 Å². The molecule has 18 heavy (non-hydrogen) atoms. The van der Waals surface area contributed by atoms with Gasteiger partial charge in [-0.25, -0.2) is 0 Å². The molecular formula is C17H26N+. The monoisotopic (exact) mass is 244 g/mol. The maximum absolute atomic E-state index is 2.61. The van der Waals surface area contributed by atoms with Crippen LogP contribution in [0.1, 0.15) is 45.6 Å². The van der Waals surface area contributed by atoms with Crippen molar-refractivity contribution in [2.75, 3.05) is 0 Å². The minimum absolute atomic E-state index is 0.546. The lowest BCUT2D eigenvalue weighted by Gasteiger charge is -2.37. The quantitative estimate of drug-likeness (QED) is 0.842. The van der Waals surface area contributed by atoms with Crippen molar-refractivity contribution < 1.29 is 5.32 Å². The molecule has 98 valence electrons. The van der Waals surface area contributed by atoms with E-state index in [-0.39, 0.29) is 0 Å². The van der Waals surface area contributed by atoms with Gasteiger partial charge in [0.25, 0.3) is 0 Å². The van der Waals surface area contributed by atoms with Crippen molar-refractivity contribution in [3.63, 3.8) is 0 Å². The summed E-state index contributed by atoms with van der Waals surface area (Å²) in [5, 5.41) is 2.61. The lowest BCUT2D eigenvalue weighted by molar-refractivity contribution is -0.717. The topological polar surface area (TPSA) is 16.6 Å². The van der Waals surface area contributed by atoms with Gasteiger partial charge in [-0.3, -0.25) is 0 Å². The number of rotatable bonds is 3. The first-order valence-corrected chi connectivity index (χ1v) is 7.41. The number of hydrogen-bond acceptors (Lipinski definition) is 0. The van der Waals surface area contributed by atoms with Crippen molar-refractivity contribution in [1.82, 2.24) is 0 Å². The van der Waals surface area contributed by atoms with Crippen LogP contribution in [-0.4, -0.2) is 6.04 Å². The lowest BCUT2D eigenvalue weighted by atomic mass is 9.69. The van der Waals surface area contributed by atoms with Gasteiger partial charge in [-0.2, -0.15) is 0 Å². The van der Waals surface area contributed by atoms with Crippen molar-refractivity contribution in [2.45, 2.75) is 52.6 Å². The molecular weight excluding hydrogens is 218 g/mol. The molecule has 2 aliphatic carbocycles. The van der Waals surface area contributed by atoms with E-state index in [0.717, 1.165) is 18.5 Å². The third kappa shape index (κ3) is 1.64. The molecule has 2 fully saturated rings. The molecule has 0 amide bonds. The Bertz CT molecular complexity index is 422. The average molecular weight is 244 g/mol. The zero-order valence-electron chi connectivity index (χ0n) is 11.9. The molecule has 0 radical (unpaired) electrons. The van der Waals surface area contributed by atoms with Gasteiger partial charge < -0.3 is 5.32 Å². The average Bonchev–Trinajstić information content (AvgIpc) is 2.70. The maximum Gasteiger partial charge on any atom is 0.101 e. The summed E-state index contributed by atoms with van der Waals surface area (Å²) in [6, 6.07) is 11.7. The van der Waals surface area contributed by atoms with E-state index in [0.29, 0.717) is 10.8 Å². The Morgan fingerprint density at radius 1 is 1.17 bits per heavy atom. The van der Waals surface area contributed by atoms with Crippen molar-refractivity contribution in [3.05, 3.63) is 35.9 Å². The lowest BCUT2D eigenvalue weighted by Crippen LogP contribution is -2.91. The summed E-state index contributed by atoms with van der Waals surface area (Å²) in [4.78, 5) is 0. The molecule has 3 rings (SSSR count). The summed E-state index contributed by atoms with van der Waals surface area (Å²) < 4.78 is 0. The van der Waals surface area contributed by atoms with Crippen LogP contribution in [0.15, 0.2) is 30.3 Å². The van der Waals surface area contributed by atoms with E-state index in [4.69, 9.17) is 0 Å². The molecule has 0 saturated heterocycles. The predicted molar refractivity (Wildman–Crippen MR) is 75.1 cm³/mol. The zero-order valence-corrected chi connectivity index (χ0v) is 11.9. The molecule has 2 bridgehead atoms. The molecule has 2 saturated carbocycles. The van der Waals surface area contributed by atoms with Gasteiger partial charge in [-0.1, -0.05) is 51.1 Å². The van der Waals surface area contributed by atoms with Crippen LogP contribution >= 0.6 is 0 Å². The molecule has 0 unspecified atom stereocenters. The van der Waals surface area contributed by atoms with Crippen molar-refractivity contribution in [2.24, 2.45) is 16.7 Å². The van der Waals surface area contributed by atoms with Crippen LogP contribution in [0.5, 0.6) is 0 Å². The second kappa shape index (κ2) is 4.09. The highest BCUT2D eigenvalue weighted by Gasteiger charge is 2.63. The molecule has 1 heteroatoms. The SMILES string of the molecule is CC1(C)[C@@H]2CC[C@]1(C)[C@H]([NH2+]Cc1ccccc1)C2. The Balaban J connectivity index is 1.69. The van der Waals surface area contributed by atoms with Gasteiger partial charge in [0, 0.05) is 17.4 Å². The summed E-state index contributed by atoms with van der Waals surface area (Å²) in [6.45, 7) is 8.68. The normalized spacial score (nSPS) is 37.1. The molecule has 0 aliphatic heterocycles. The molecule has 0 heterocycles. The number of quaternary nitrogens is 1. The van der Waals surface area contributed by atoms with E-state index >= 15 is 0 Å². The predicted octanol–water partition coefficient (Wildman–Crippen LogP) is 2.96. The smallest absolute Gasteiger partial charge is 0.101 e. The van der Waals surface area contributed by atoms with Crippen LogP contribution in [0, 0.1) is 16.7 Å². The summed E-state index contributed by atoms with van der Waals surface area (Å²) in [7, 11) is 0. The van der Waals surface area contributed by atoms with Gasteiger partial charge in [-0.15, -0.1) is 0 Å². The van der Waals surface area contributed by atoms with Gasteiger partial charge in [0.05, 0.1) is 6.04 Å². The first-order valence-electron chi connectivity index (χ1n) is 7.41. The molecule has 2 N–H and O–H groups in total. The second-order valence-electron chi connectivity index (χ2n) is 7.14. The fourth-order valence-electron chi connectivity index (χ4n) is 4.51. The third-order valence-corrected chi connectivity index (χ3v) is 6.34. The van der Waals surface area contributed by atoms with Crippen LogP contribution in [0.25, 0.3) is 0 Å². The summed E-state index contributed by atoms with van der Waals surface area (Å²) in [6.07, 6.45) is 4.32. The Kier molecular flexibility index (Phi) is 2.78. The molecule has 1 nitrogen and oxygen atoms in total. The maximum atomic E-state index is 2.61. The van der Waals surface area contributed by atoms with E-state index in [1.165, 1.54) is 24.8 Å². The van der Waals surface area contributed by atoms with Gasteiger partial charge in [0.15, 0.2) is 0 Å². The number of hydrogen-bond donors (Lipinski definition) is 1. The van der Waals surface area contributed by atoms with E-state index < -0.39 is 0 Å². The molecule has 1 aromatic carbocycles. The largest absolute Gasteiger partial charge is 0.340 e. The van der Waals surface area contributed by atoms with E-state index in [2.05, 4.69) is 56.4 Å². The second-order valence-corrected chi connectivity index (χ2v) is 7.14. The fourth-order valence-corrected chi connectivity index (χ4v) is 4.51. The summed E-state index contributed by atoms with van der Waals surface area (Å²) >= 11 is 0. The van der Waals surface area contributed by atoms with Gasteiger partial charge in [0.2, 0.25) is 0 Å². The third-order valence-electron chi connectivity index (χ3n) is 6.34. The van der Waals surface area contributed by atoms with Gasteiger partial charge >= 0.3 is 0 Å². The zero-order chi connectivity index (χ0) is 12.8. The number of fused-ring (bicyclic) bond motifs is 2. The van der Waals surface area contributed by atoms with Crippen LogP contribution in [0.2, 0.25) is 0 Å². The Morgan fingerprint density at radius 3 is 2.44 bits per heavy atom. The van der Waals surface area contributed by atoms with Crippen LogP contribution in [0.4, 0.5) is 0 Å². The minimum Gasteiger partial charge on any atom is -0.340 e. The first kappa shape index (κ1) is 12.2. The molecule has 1 aromatic rings. The molecule has 0 aromatic heterocycles. The number of nitrogens with two attached hydrogens (primary N) is 1. The summed E-state index contributed by atoms with van der Waals surface area (Å²) in [5.41, 5.74) is 2.55. The Labute approximate surface area is 111 Å². The van der Waals surface area contributed by atoms with E-state index in [9.17, 15) is 0 Å². The highest BCUT2D eigenvalue weighted by atomic mass is 15.0. The van der Waals surface area contributed by atoms with Crippen molar-refractivity contribution >= 4 is 0 Å². The highest BCUT2D eigenvalue weighted by Crippen LogP contribution is 2.64. The minimum atomic E-state index is 0.546. The highest BCUT2D eigenvalue weighted by molar-refractivity contribution is 5.14. The van der Waals surface area contributed by atoms with E-state index in [1.54, 1.807) is 0 Å². The summed E-state index contributed by atoms with van der Waals surface area (Å²) in [5.74, 6) is 0.958. The molecule has 0 spiro atoms. The molecule has 3 atom stereocenters.